The number of nitrogens with one attached hydrogen (secondary N) is 2. The highest BCUT2D eigenvalue weighted by atomic mass is 35.5. The van der Waals surface area contributed by atoms with E-state index in [1.54, 1.807) is 36.0 Å². The zero-order chi connectivity index (χ0) is 40.3. The maximum absolute atomic E-state index is 13.3. The number of benzene rings is 5. The van der Waals surface area contributed by atoms with Crippen molar-refractivity contribution in [1.29, 1.82) is 0 Å². The van der Waals surface area contributed by atoms with Crippen LogP contribution >= 0.6 is 23.4 Å². The van der Waals surface area contributed by atoms with Gasteiger partial charge in [0.1, 0.15) is 5.69 Å². The van der Waals surface area contributed by atoms with Gasteiger partial charge in [-0.15, -0.1) is 11.8 Å². The number of nitro groups is 1. The molecular formula is C44H49ClN6O4S2. The lowest BCUT2D eigenvalue weighted by Crippen LogP contribution is -2.43. The number of anilines is 2. The summed E-state index contributed by atoms with van der Waals surface area (Å²) in [6, 6.07) is 38.6. The Hall–Kier alpha value is -4.72. The Morgan fingerprint density at radius 2 is 1.61 bits per heavy atom. The summed E-state index contributed by atoms with van der Waals surface area (Å²) in [7, 11) is 4.17. The van der Waals surface area contributed by atoms with Crippen molar-refractivity contribution in [3.8, 4) is 11.1 Å². The van der Waals surface area contributed by atoms with Crippen LogP contribution in [-0.4, -0.2) is 83.5 Å². The average molecular weight is 826 g/mol. The lowest BCUT2D eigenvalue weighted by Gasteiger charge is -2.38. The molecule has 0 aromatic heterocycles. The minimum Gasteiger partial charge on any atom is -0.376 e. The SMILES string of the molecule is CN(C)CCC(CSc1ccccc1)Nc1ccc(S(=O)NC(=O)c2ccc(N3CCC(N(C)Cc4ccccc4-c4ccc(Cl)cc4)CC3)cc2)cc1[N+](=O)[O-]. The molecule has 2 atom stereocenters. The molecule has 57 heavy (non-hydrogen) atoms. The van der Waals surface area contributed by atoms with Gasteiger partial charge >= 0.3 is 0 Å². The Labute approximate surface area is 347 Å². The Morgan fingerprint density at radius 1 is 0.930 bits per heavy atom. The summed E-state index contributed by atoms with van der Waals surface area (Å²) in [6.07, 6.45) is 2.78. The number of carbonyl (C=O) groups is 1. The minimum absolute atomic E-state index is 0.0579. The number of carbonyl (C=O) groups excluding carboxylic acids is 1. The van der Waals surface area contributed by atoms with Crippen LogP contribution in [0.15, 0.2) is 131 Å². The molecule has 0 radical (unpaired) electrons. The summed E-state index contributed by atoms with van der Waals surface area (Å²) < 4.78 is 15.8. The molecule has 1 heterocycles. The Balaban J connectivity index is 1.02. The quantitative estimate of drug-likeness (QED) is 0.0540. The first-order valence-corrected chi connectivity index (χ1v) is 21.5. The fraction of sp³-hybridized carbons (Fsp3) is 0.295. The number of hydrogen-bond donors (Lipinski definition) is 2. The topological polar surface area (TPSA) is 111 Å². The predicted molar refractivity (Wildman–Crippen MR) is 235 cm³/mol. The van der Waals surface area contributed by atoms with E-state index in [0.29, 0.717) is 23.0 Å². The van der Waals surface area contributed by atoms with Gasteiger partial charge in [0.15, 0.2) is 11.0 Å². The molecule has 6 rings (SSSR count). The Morgan fingerprint density at radius 3 is 2.30 bits per heavy atom. The molecule has 0 aliphatic carbocycles. The van der Waals surface area contributed by atoms with Gasteiger partial charge in [0.25, 0.3) is 11.6 Å². The van der Waals surface area contributed by atoms with E-state index in [1.165, 1.54) is 17.2 Å². The van der Waals surface area contributed by atoms with E-state index in [9.17, 15) is 19.1 Å². The van der Waals surface area contributed by atoms with Gasteiger partial charge in [-0.25, -0.2) is 4.21 Å². The number of nitrogens with zero attached hydrogens (tertiary/aromatic N) is 4. The molecule has 2 unspecified atom stereocenters. The fourth-order valence-electron chi connectivity index (χ4n) is 7.00. The van der Waals surface area contributed by atoms with Crippen LogP contribution in [0.25, 0.3) is 11.1 Å². The molecule has 10 nitrogen and oxygen atoms in total. The smallest absolute Gasteiger partial charge is 0.293 e. The molecule has 5 aromatic rings. The number of hydrogen-bond acceptors (Lipinski definition) is 9. The van der Waals surface area contributed by atoms with Gasteiger partial charge in [-0.2, -0.15) is 0 Å². The largest absolute Gasteiger partial charge is 0.376 e. The maximum atomic E-state index is 13.3. The second-order valence-electron chi connectivity index (χ2n) is 14.5. The molecule has 5 aromatic carbocycles. The van der Waals surface area contributed by atoms with Crippen LogP contribution in [0.4, 0.5) is 17.1 Å². The van der Waals surface area contributed by atoms with Crippen LogP contribution < -0.4 is 14.9 Å². The molecule has 0 bridgehead atoms. The highest BCUT2D eigenvalue weighted by Crippen LogP contribution is 2.31. The molecule has 298 valence electrons. The fourth-order valence-corrected chi connectivity index (χ4v) is 8.94. The van der Waals surface area contributed by atoms with Crippen LogP contribution in [0.5, 0.6) is 0 Å². The summed E-state index contributed by atoms with van der Waals surface area (Å²) in [4.78, 5) is 33.0. The molecule has 0 spiro atoms. The van der Waals surface area contributed by atoms with Crippen LogP contribution in [0, 0.1) is 10.1 Å². The van der Waals surface area contributed by atoms with E-state index < -0.39 is 21.8 Å². The Kier molecular flexibility index (Phi) is 14.8. The standard InChI is InChI=1S/C44H49ClN6O4S2/c1-48(2)26-23-36(31-56-39-10-5-4-6-11-39)46-42-22-21-40(29-43(42)51(53)54)57(55)47-44(52)33-15-19-38(20-16-33)50-27-24-37(25-28-50)49(3)30-34-9-7-8-12-41(34)32-13-17-35(45)18-14-32/h4-22,29,36-37,46H,23-28,30-31H2,1-3H3,(H,47,52). The van der Waals surface area contributed by atoms with Gasteiger partial charge in [0.2, 0.25) is 0 Å². The van der Waals surface area contributed by atoms with Crippen molar-refractivity contribution >= 4 is 57.3 Å². The molecular weight excluding hydrogens is 776 g/mol. The first-order valence-electron chi connectivity index (χ1n) is 19.0. The summed E-state index contributed by atoms with van der Waals surface area (Å²) in [5.41, 5.74) is 5.17. The van der Waals surface area contributed by atoms with Crippen LogP contribution in [-0.2, 0) is 17.5 Å². The lowest BCUT2D eigenvalue weighted by atomic mass is 9.97. The third-order valence-electron chi connectivity index (χ3n) is 10.2. The van der Waals surface area contributed by atoms with E-state index in [2.05, 4.69) is 68.2 Å². The van der Waals surface area contributed by atoms with E-state index in [-0.39, 0.29) is 16.6 Å². The van der Waals surface area contributed by atoms with Crippen molar-refractivity contribution in [3.63, 3.8) is 0 Å². The van der Waals surface area contributed by atoms with Crippen molar-refractivity contribution in [2.45, 2.75) is 47.7 Å². The second-order valence-corrected chi connectivity index (χ2v) is 17.3. The third-order valence-corrected chi connectivity index (χ3v) is 12.7. The molecule has 13 heteroatoms. The van der Waals surface area contributed by atoms with Crippen molar-refractivity contribution in [1.82, 2.24) is 14.5 Å². The number of amides is 1. The maximum Gasteiger partial charge on any atom is 0.293 e. The summed E-state index contributed by atoms with van der Waals surface area (Å²) in [5, 5.41) is 16.3. The first kappa shape index (κ1) is 41.9. The monoisotopic (exact) mass is 824 g/mol. The molecule has 1 saturated heterocycles. The minimum atomic E-state index is -2.01. The molecule has 1 amide bonds. The van der Waals surface area contributed by atoms with Gasteiger partial charge in [-0.05, 0) is 124 Å². The van der Waals surface area contributed by atoms with E-state index >= 15 is 0 Å². The Bertz CT molecular complexity index is 2130. The lowest BCUT2D eigenvalue weighted by molar-refractivity contribution is -0.384. The van der Waals surface area contributed by atoms with E-state index in [0.717, 1.165) is 66.6 Å². The van der Waals surface area contributed by atoms with Crippen molar-refractivity contribution in [2.24, 2.45) is 0 Å². The number of nitro benzene ring substituents is 1. The van der Waals surface area contributed by atoms with Gasteiger partial charge in [-0.1, -0.05) is 66.2 Å². The van der Waals surface area contributed by atoms with Gasteiger partial charge in [0, 0.05) is 64.7 Å². The number of piperidine rings is 1. The van der Waals surface area contributed by atoms with Gasteiger partial charge in [-0.3, -0.25) is 24.5 Å². The molecule has 0 saturated carbocycles. The van der Waals surface area contributed by atoms with Crippen LogP contribution in [0.2, 0.25) is 5.02 Å². The van der Waals surface area contributed by atoms with Gasteiger partial charge in [0.05, 0.1) is 9.82 Å². The predicted octanol–water partition coefficient (Wildman–Crippen LogP) is 8.99. The molecule has 1 aliphatic heterocycles. The van der Waals surface area contributed by atoms with Crippen LogP contribution in [0.1, 0.15) is 35.2 Å². The number of halogens is 1. The van der Waals surface area contributed by atoms with Crippen molar-refractivity contribution in [2.75, 3.05) is 56.7 Å². The van der Waals surface area contributed by atoms with Crippen molar-refractivity contribution < 1.29 is 13.9 Å². The summed E-state index contributed by atoms with van der Waals surface area (Å²) in [5.74, 6) is 0.181. The van der Waals surface area contributed by atoms with E-state index in [4.69, 9.17) is 11.6 Å². The first-order chi connectivity index (χ1) is 27.5. The average Bonchev–Trinajstić information content (AvgIpc) is 3.22. The normalized spacial score (nSPS) is 14.4. The number of rotatable bonds is 17. The molecule has 1 aliphatic rings. The second kappa shape index (κ2) is 20.1. The molecule has 1 fully saturated rings. The molecule has 2 N–H and O–H groups in total. The van der Waals surface area contributed by atoms with Crippen LogP contribution in [0.3, 0.4) is 0 Å². The van der Waals surface area contributed by atoms with Crippen molar-refractivity contribution in [3.05, 3.63) is 148 Å². The third kappa shape index (κ3) is 11.7. The summed E-state index contributed by atoms with van der Waals surface area (Å²) in [6.45, 7) is 3.41. The highest BCUT2D eigenvalue weighted by Gasteiger charge is 2.25. The van der Waals surface area contributed by atoms with Gasteiger partial charge < -0.3 is 15.1 Å². The summed E-state index contributed by atoms with van der Waals surface area (Å²) >= 11 is 7.82. The van der Waals surface area contributed by atoms with E-state index in [1.807, 2.05) is 68.7 Å². The zero-order valence-electron chi connectivity index (χ0n) is 32.5. The zero-order valence-corrected chi connectivity index (χ0v) is 34.9. The number of thioether (sulfide) groups is 1. The highest BCUT2D eigenvalue weighted by molar-refractivity contribution is 7.99.